The molecule has 1 aliphatic carbocycles. The molecule has 5 aromatic rings. The second kappa shape index (κ2) is 9.75. The van der Waals surface area contributed by atoms with E-state index in [1.807, 2.05) is 31.9 Å². The second-order valence-corrected chi connectivity index (χ2v) is 12.5. The number of nitrogens with one attached hydrogen (secondary N) is 1. The Balaban J connectivity index is 1.50. The Morgan fingerprint density at radius 1 is 1.24 bits per heavy atom. The van der Waals surface area contributed by atoms with Gasteiger partial charge in [-0.05, 0) is 38.8 Å². The van der Waals surface area contributed by atoms with Crippen LogP contribution in [0.5, 0.6) is 0 Å². The van der Waals surface area contributed by atoms with Crippen molar-refractivity contribution in [2.75, 3.05) is 18.5 Å². The van der Waals surface area contributed by atoms with E-state index in [4.69, 9.17) is 0 Å². The number of alkyl halides is 2. The first-order valence-corrected chi connectivity index (χ1v) is 14.8. The highest BCUT2D eigenvalue weighted by molar-refractivity contribution is 7.89. The van der Waals surface area contributed by atoms with Gasteiger partial charge in [-0.25, -0.2) is 36.8 Å². The van der Waals surface area contributed by atoms with Crippen LogP contribution in [0.25, 0.3) is 27.1 Å². The van der Waals surface area contributed by atoms with Crippen molar-refractivity contribution in [1.82, 2.24) is 44.2 Å². The van der Waals surface area contributed by atoms with E-state index in [0.717, 1.165) is 5.82 Å². The van der Waals surface area contributed by atoms with Gasteiger partial charge >= 0.3 is 0 Å². The molecule has 1 N–H and O–H groups in total. The topological polar surface area (TPSA) is 160 Å². The van der Waals surface area contributed by atoms with Crippen LogP contribution < -0.4 is 9.62 Å². The van der Waals surface area contributed by atoms with Crippen LogP contribution in [0.2, 0.25) is 0 Å². The van der Waals surface area contributed by atoms with Crippen molar-refractivity contribution in [1.29, 1.82) is 5.26 Å². The van der Waals surface area contributed by atoms with Crippen LogP contribution in [0.4, 0.5) is 14.6 Å². The van der Waals surface area contributed by atoms with Gasteiger partial charge in [0.25, 0.3) is 6.43 Å². The van der Waals surface area contributed by atoms with Crippen LogP contribution in [0.15, 0.2) is 29.4 Å². The summed E-state index contributed by atoms with van der Waals surface area (Å²) in [6.07, 6.45) is -0.626. The van der Waals surface area contributed by atoms with Gasteiger partial charge in [0.2, 0.25) is 15.2 Å². The van der Waals surface area contributed by atoms with E-state index >= 15 is 0 Å². The molecule has 0 amide bonds. The average Bonchev–Trinajstić information content (AvgIpc) is 3.24. The number of hydrogen-bond donors (Lipinski definition) is 1. The Bertz CT molecular complexity index is 1960. The fourth-order valence-corrected chi connectivity index (χ4v) is 6.77. The summed E-state index contributed by atoms with van der Waals surface area (Å²) in [4.78, 5) is 15.1. The van der Waals surface area contributed by atoms with E-state index in [1.54, 1.807) is 10.7 Å². The SMILES string of the molecule is Cc1nc(C)n(CCN(C)c2ncnc3c2c2ccc(S(=O)(=O)NC4(C#N)CC4)cc2n3-c2nnc(C(F)F)s2)n1. The highest BCUT2D eigenvalue weighted by Crippen LogP contribution is 2.39. The molecule has 6 rings (SSSR count). The molecule has 0 unspecified atom stereocenters. The lowest BCUT2D eigenvalue weighted by molar-refractivity contribution is 0.150. The van der Waals surface area contributed by atoms with Gasteiger partial charge in [0.15, 0.2) is 10.7 Å². The highest BCUT2D eigenvalue weighted by atomic mass is 32.2. The third-order valence-corrected chi connectivity index (χ3v) is 9.33. The monoisotopic (exact) mass is 599 g/mol. The van der Waals surface area contributed by atoms with Gasteiger partial charge in [-0.1, -0.05) is 17.4 Å². The molecular formula is C24H23F2N11O2S2. The molecule has 0 atom stereocenters. The lowest BCUT2D eigenvalue weighted by Crippen LogP contribution is -2.35. The fraction of sp³-hybridized carbons (Fsp3) is 0.375. The molecule has 0 radical (unpaired) electrons. The minimum Gasteiger partial charge on any atom is -0.357 e. The molecule has 13 nitrogen and oxygen atoms in total. The van der Waals surface area contributed by atoms with E-state index in [-0.39, 0.29) is 10.0 Å². The van der Waals surface area contributed by atoms with E-state index in [0.29, 0.717) is 70.8 Å². The molecule has 1 saturated carbocycles. The molecule has 0 bridgehead atoms. The minimum atomic E-state index is -4.07. The zero-order chi connectivity index (χ0) is 29.1. The van der Waals surface area contributed by atoms with Crippen LogP contribution in [0, 0.1) is 25.2 Å². The maximum Gasteiger partial charge on any atom is 0.291 e. The number of aromatic nitrogens is 8. The molecular weight excluding hydrogens is 576 g/mol. The number of sulfonamides is 1. The number of fused-ring (bicyclic) bond motifs is 3. The summed E-state index contributed by atoms with van der Waals surface area (Å²) in [5, 5.41) is 22.2. The first-order chi connectivity index (χ1) is 19.5. The van der Waals surface area contributed by atoms with Crippen molar-refractivity contribution >= 4 is 49.1 Å². The number of aryl methyl sites for hydroxylation is 2. The number of benzene rings is 1. The zero-order valence-corrected chi connectivity index (χ0v) is 23.7. The summed E-state index contributed by atoms with van der Waals surface area (Å²) < 4.78 is 59.1. The van der Waals surface area contributed by atoms with Crippen molar-refractivity contribution in [3.63, 3.8) is 0 Å². The molecule has 1 aliphatic rings. The van der Waals surface area contributed by atoms with Crippen molar-refractivity contribution in [2.45, 2.75) is 50.1 Å². The number of likely N-dealkylation sites (N-methyl/N-ethyl adjacent to an activating group) is 1. The summed E-state index contributed by atoms with van der Waals surface area (Å²) in [6.45, 7) is 4.71. The highest BCUT2D eigenvalue weighted by Gasteiger charge is 2.46. The van der Waals surface area contributed by atoms with E-state index in [2.05, 4.69) is 35.0 Å². The third-order valence-electron chi connectivity index (χ3n) is 6.88. The van der Waals surface area contributed by atoms with Gasteiger partial charge in [0.05, 0.1) is 28.4 Å². The molecule has 1 fully saturated rings. The smallest absolute Gasteiger partial charge is 0.291 e. The standard InChI is InChI=1S/C24H23F2N11O2S2/c1-13-30-14(2)36(33-13)9-8-35(3)20-18-16-5-4-15(41(38,39)34-24(11-27)6-7-24)10-17(16)37(21(18)29-12-28-20)23-32-31-22(40-23)19(25)26/h4-5,10,12,19,34H,6-9H2,1-3H3. The van der Waals surface area contributed by atoms with Crippen LogP contribution in [-0.2, 0) is 16.6 Å². The normalized spacial score (nSPS) is 14.7. The molecule has 4 aromatic heterocycles. The Morgan fingerprint density at radius 3 is 2.66 bits per heavy atom. The summed E-state index contributed by atoms with van der Waals surface area (Å²) in [6, 6.07) is 6.49. The largest absolute Gasteiger partial charge is 0.357 e. The Morgan fingerprint density at radius 2 is 2.02 bits per heavy atom. The van der Waals surface area contributed by atoms with Crippen molar-refractivity contribution in [3.8, 4) is 11.2 Å². The van der Waals surface area contributed by atoms with Crippen LogP contribution in [-0.4, -0.2) is 67.0 Å². The number of nitrogens with zero attached hydrogens (tertiary/aromatic N) is 10. The van der Waals surface area contributed by atoms with Gasteiger partial charge in [-0.2, -0.15) is 15.1 Å². The maximum absolute atomic E-state index is 13.4. The first-order valence-electron chi connectivity index (χ1n) is 12.5. The molecule has 4 heterocycles. The Kier molecular flexibility index (Phi) is 6.43. The van der Waals surface area contributed by atoms with Gasteiger partial charge < -0.3 is 4.90 Å². The molecule has 0 spiro atoms. The Labute approximate surface area is 236 Å². The molecule has 41 heavy (non-hydrogen) atoms. The van der Waals surface area contributed by atoms with E-state index in [9.17, 15) is 22.5 Å². The van der Waals surface area contributed by atoms with E-state index < -0.39 is 27.0 Å². The van der Waals surface area contributed by atoms with Crippen molar-refractivity contribution < 1.29 is 17.2 Å². The predicted molar refractivity (Wildman–Crippen MR) is 145 cm³/mol. The molecule has 17 heteroatoms. The van der Waals surface area contributed by atoms with Crippen molar-refractivity contribution in [2.24, 2.45) is 0 Å². The maximum atomic E-state index is 13.4. The zero-order valence-electron chi connectivity index (χ0n) is 22.1. The van der Waals surface area contributed by atoms with Gasteiger partial charge in [0, 0.05) is 19.0 Å². The lowest BCUT2D eigenvalue weighted by Gasteiger charge is -2.19. The number of rotatable bonds is 9. The predicted octanol–water partition coefficient (Wildman–Crippen LogP) is 3.04. The summed E-state index contributed by atoms with van der Waals surface area (Å²) >= 11 is 0.681. The summed E-state index contributed by atoms with van der Waals surface area (Å²) in [7, 11) is -2.22. The fourth-order valence-electron chi connectivity index (χ4n) is 4.66. The van der Waals surface area contributed by atoms with Crippen LogP contribution in [0.3, 0.4) is 0 Å². The van der Waals surface area contributed by atoms with Crippen molar-refractivity contribution in [3.05, 3.63) is 41.2 Å². The number of hydrogen-bond acceptors (Lipinski definition) is 11. The van der Waals surface area contributed by atoms with Gasteiger partial charge in [0.1, 0.15) is 29.3 Å². The molecule has 0 aliphatic heterocycles. The van der Waals surface area contributed by atoms with Crippen LogP contribution in [0.1, 0.15) is 35.9 Å². The lowest BCUT2D eigenvalue weighted by atomic mass is 10.2. The summed E-state index contributed by atoms with van der Waals surface area (Å²) in [5.41, 5.74) is -0.409. The van der Waals surface area contributed by atoms with Gasteiger partial charge in [-0.15, -0.1) is 10.2 Å². The third kappa shape index (κ3) is 4.77. The Hall–Kier alpha value is -4.14. The van der Waals surface area contributed by atoms with Crippen LogP contribution >= 0.6 is 11.3 Å². The molecule has 0 saturated heterocycles. The summed E-state index contributed by atoms with van der Waals surface area (Å²) in [5.74, 6) is 1.99. The first kappa shape index (κ1) is 27.1. The quantitative estimate of drug-likeness (QED) is 0.267. The molecule has 1 aromatic carbocycles. The molecule has 212 valence electrons. The average molecular weight is 600 g/mol. The number of anilines is 1. The van der Waals surface area contributed by atoms with Gasteiger partial charge in [-0.3, -0.25) is 4.57 Å². The minimum absolute atomic E-state index is 0.0888. The second-order valence-electron chi connectivity index (χ2n) is 9.78. The number of halogens is 2. The number of nitriles is 1. The van der Waals surface area contributed by atoms with E-state index in [1.165, 1.54) is 23.0 Å².